The van der Waals surface area contributed by atoms with Crippen LogP contribution in [0, 0.1) is 0 Å². The predicted molar refractivity (Wildman–Crippen MR) is 115 cm³/mol. The summed E-state index contributed by atoms with van der Waals surface area (Å²) in [6.07, 6.45) is 9.55. The number of rotatable bonds is 14. The number of unbranched alkanes of at least 4 members (excludes halogenated alkanes) is 3. The SMILES string of the molecule is CSCCCCC(NC(=O)CCCCCS)C(=O)S.O=CCCS. The minimum absolute atomic E-state index is 0.0450. The molecule has 4 nitrogen and oxygen atoms in total. The lowest BCUT2D eigenvalue weighted by Gasteiger charge is -2.15. The first kappa shape index (κ1) is 26.4. The number of thiol groups is 3. The topological polar surface area (TPSA) is 63.2 Å². The lowest BCUT2D eigenvalue weighted by atomic mass is 10.1. The standard InChI is InChI=1S/C13H25NO2S3.C3H6OS/c1-19-10-6-4-7-11(13(16)18)14-12(15)8-3-2-5-9-17;4-2-1-3-5/h11,17H,2-10H2,1H3,(H,14,15)(H,16,18);2,5H,1,3H2. The minimum Gasteiger partial charge on any atom is -0.345 e. The maximum Gasteiger partial charge on any atom is 0.220 e. The van der Waals surface area contributed by atoms with E-state index in [1.165, 1.54) is 0 Å². The smallest absolute Gasteiger partial charge is 0.220 e. The molecule has 0 heterocycles. The lowest BCUT2D eigenvalue weighted by molar-refractivity contribution is -0.124. The average Bonchev–Trinajstić information content (AvgIpc) is 2.55. The summed E-state index contributed by atoms with van der Waals surface area (Å²) < 4.78 is 0. The molecule has 24 heavy (non-hydrogen) atoms. The van der Waals surface area contributed by atoms with Crippen LogP contribution in [-0.2, 0) is 14.4 Å². The Bertz CT molecular complexity index is 330. The van der Waals surface area contributed by atoms with Gasteiger partial charge in [0, 0.05) is 12.8 Å². The second kappa shape index (κ2) is 21.3. The summed E-state index contributed by atoms with van der Waals surface area (Å²) >= 11 is 13.5. The second-order valence-electron chi connectivity index (χ2n) is 5.16. The Morgan fingerprint density at radius 3 is 2.25 bits per heavy atom. The summed E-state index contributed by atoms with van der Waals surface area (Å²) in [7, 11) is 0. The van der Waals surface area contributed by atoms with Gasteiger partial charge < -0.3 is 10.1 Å². The molecule has 0 radical (unpaired) electrons. The third-order valence-electron chi connectivity index (χ3n) is 3.03. The van der Waals surface area contributed by atoms with Crippen LogP contribution in [0.1, 0.15) is 51.4 Å². The molecular weight excluding hydrogens is 382 g/mol. The molecule has 1 amide bonds. The zero-order valence-corrected chi connectivity index (χ0v) is 17.9. The highest BCUT2D eigenvalue weighted by Gasteiger charge is 2.16. The van der Waals surface area contributed by atoms with Crippen LogP contribution in [0.25, 0.3) is 0 Å². The van der Waals surface area contributed by atoms with Gasteiger partial charge in [0.25, 0.3) is 0 Å². The minimum atomic E-state index is -0.428. The molecule has 0 aliphatic carbocycles. The van der Waals surface area contributed by atoms with Gasteiger partial charge >= 0.3 is 0 Å². The van der Waals surface area contributed by atoms with E-state index in [-0.39, 0.29) is 11.0 Å². The van der Waals surface area contributed by atoms with Crippen LogP contribution in [0.5, 0.6) is 0 Å². The Hall–Kier alpha value is 0.210. The molecule has 0 saturated heterocycles. The van der Waals surface area contributed by atoms with Crippen LogP contribution in [0.2, 0.25) is 0 Å². The monoisotopic (exact) mass is 413 g/mol. The van der Waals surface area contributed by atoms with Gasteiger partial charge in [-0.25, -0.2) is 0 Å². The van der Waals surface area contributed by atoms with E-state index in [1.807, 2.05) is 0 Å². The van der Waals surface area contributed by atoms with Crippen molar-refractivity contribution >= 4 is 67.0 Å². The normalized spacial score (nSPS) is 11.2. The Balaban J connectivity index is 0. The fourth-order valence-electron chi connectivity index (χ4n) is 1.75. The van der Waals surface area contributed by atoms with Gasteiger partial charge in [-0.15, -0.1) is 12.6 Å². The molecule has 0 aliphatic heterocycles. The highest BCUT2D eigenvalue weighted by Crippen LogP contribution is 2.08. The Morgan fingerprint density at radius 1 is 1.08 bits per heavy atom. The van der Waals surface area contributed by atoms with Gasteiger partial charge in [-0.1, -0.05) is 12.8 Å². The molecule has 0 aromatic carbocycles. The van der Waals surface area contributed by atoms with E-state index in [2.05, 4.69) is 49.5 Å². The number of thioether (sulfide) groups is 1. The van der Waals surface area contributed by atoms with Crippen LogP contribution >= 0.6 is 49.6 Å². The van der Waals surface area contributed by atoms with Crippen molar-refractivity contribution in [2.45, 2.75) is 57.4 Å². The van der Waals surface area contributed by atoms with Gasteiger partial charge in [-0.2, -0.15) is 37.0 Å². The van der Waals surface area contributed by atoms with E-state index in [0.29, 0.717) is 25.0 Å². The largest absolute Gasteiger partial charge is 0.345 e. The number of hydrogen-bond donors (Lipinski definition) is 4. The van der Waals surface area contributed by atoms with Crippen molar-refractivity contribution in [3.05, 3.63) is 0 Å². The molecule has 0 aliphatic rings. The third kappa shape index (κ3) is 20.3. The fourth-order valence-corrected chi connectivity index (χ4v) is 2.76. The lowest BCUT2D eigenvalue weighted by Crippen LogP contribution is -2.38. The number of carbonyl (C=O) groups is 3. The third-order valence-corrected chi connectivity index (χ3v) is 4.62. The molecule has 0 spiro atoms. The number of carbonyl (C=O) groups excluding carboxylic acids is 3. The number of aldehydes is 1. The van der Waals surface area contributed by atoms with E-state index in [1.54, 1.807) is 11.8 Å². The van der Waals surface area contributed by atoms with Crippen LogP contribution in [0.15, 0.2) is 0 Å². The van der Waals surface area contributed by atoms with E-state index >= 15 is 0 Å². The zero-order valence-electron chi connectivity index (χ0n) is 14.4. The van der Waals surface area contributed by atoms with Crippen molar-refractivity contribution < 1.29 is 14.4 Å². The van der Waals surface area contributed by atoms with E-state index in [0.717, 1.165) is 49.9 Å². The van der Waals surface area contributed by atoms with Crippen molar-refractivity contribution in [3.8, 4) is 0 Å². The highest BCUT2D eigenvalue weighted by atomic mass is 32.2. The summed E-state index contributed by atoms with van der Waals surface area (Å²) in [5.41, 5.74) is 0. The number of hydrogen-bond acceptors (Lipinski definition) is 6. The van der Waals surface area contributed by atoms with Crippen molar-refractivity contribution in [3.63, 3.8) is 0 Å². The van der Waals surface area contributed by atoms with Crippen LogP contribution < -0.4 is 5.32 Å². The van der Waals surface area contributed by atoms with Gasteiger partial charge in [0.2, 0.25) is 11.0 Å². The van der Waals surface area contributed by atoms with Gasteiger partial charge in [0.05, 0.1) is 6.04 Å². The average molecular weight is 414 g/mol. The van der Waals surface area contributed by atoms with Crippen LogP contribution in [0.3, 0.4) is 0 Å². The quantitative estimate of drug-likeness (QED) is 0.200. The first-order valence-electron chi connectivity index (χ1n) is 8.19. The van der Waals surface area contributed by atoms with Gasteiger partial charge in [-0.05, 0) is 49.2 Å². The summed E-state index contributed by atoms with van der Waals surface area (Å²) in [5, 5.41) is 2.54. The maximum atomic E-state index is 11.7. The maximum absolute atomic E-state index is 11.7. The first-order valence-corrected chi connectivity index (χ1v) is 11.3. The van der Waals surface area contributed by atoms with Crippen LogP contribution in [0.4, 0.5) is 0 Å². The second-order valence-corrected chi connectivity index (χ2v) is 7.48. The number of nitrogens with one attached hydrogen (secondary N) is 1. The summed E-state index contributed by atoms with van der Waals surface area (Å²) in [6, 6.07) is -0.428. The zero-order chi connectivity index (χ0) is 18.6. The number of amides is 1. The van der Waals surface area contributed by atoms with E-state index < -0.39 is 6.04 Å². The molecule has 142 valence electrons. The predicted octanol–water partition coefficient (Wildman–Crippen LogP) is 3.46. The fraction of sp³-hybridized carbons (Fsp3) is 0.812. The molecule has 0 rings (SSSR count). The van der Waals surface area contributed by atoms with Crippen molar-refractivity contribution in [2.75, 3.05) is 23.5 Å². The van der Waals surface area contributed by atoms with Gasteiger partial charge in [-0.3, -0.25) is 9.59 Å². The first-order chi connectivity index (χ1) is 11.5. The summed E-state index contributed by atoms with van der Waals surface area (Å²) in [6.45, 7) is 0. The van der Waals surface area contributed by atoms with Crippen molar-refractivity contribution in [1.29, 1.82) is 0 Å². The molecule has 1 N–H and O–H groups in total. The molecule has 0 fully saturated rings. The summed E-state index contributed by atoms with van der Waals surface area (Å²) in [4.78, 5) is 32.4. The molecule has 0 aromatic heterocycles. The molecule has 1 atom stereocenters. The van der Waals surface area contributed by atoms with E-state index in [9.17, 15) is 14.4 Å². The van der Waals surface area contributed by atoms with E-state index in [4.69, 9.17) is 0 Å². The highest BCUT2D eigenvalue weighted by molar-refractivity contribution is 7.98. The summed E-state index contributed by atoms with van der Waals surface area (Å²) in [5.74, 6) is 2.57. The molecule has 1 unspecified atom stereocenters. The van der Waals surface area contributed by atoms with Gasteiger partial charge in [0.1, 0.15) is 6.29 Å². The van der Waals surface area contributed by atoms with Gasteiger partial charge in [0.15, 0.2) is 0 Å². The van der Waals surface area contributed by atoms with Crippen molar-refractivity contribution in [1.82, 2.24) is 5.32 Å². The van der Waals surface area contributed by atoms with Crippen molar-refractivity contribution in [2.24, 2.45) is 0 Å². The molecule has 8 heteroatoms. The molecular formula is C16H31NO3S4. The van der Waals surface area contributed by atoms with Crippen LogP contribution in [-0.4, -0.2) is 46.9 Å². The molecule has 0 aromatic rings. The molecule has 0 saturated carbocycles. The Labute approximate surface area is 167 Å². The Morgan fingerprint density at radius 2 is 1.79 bits per heavy atom. The Kier molecular flexibility index (Phi) is 23.4. The molecule has 0 bridgehead atoms.